The summed E-state index contributed by atoms with van der Waals surface area (Å²) in [5.74, 6) is -11.7. The maximum absolute atomic E-state index is 15.0. The summed E-state index contributed by atoms with van der Waals surface area (Å²) >= 11 is 0. The highest BCUT2D eigenvalue weighted by molar-refractivity contribution is 5.65. The Morgan fingerprint density at radius 1 is 0.680 bits per heavy atom. The molecule has 15 heteroatoms. The van der Waals surface area contributed by atoms with Gasteiger partial charge in [-0.3, -0.25) is 0 Å². The Morgan fingerprint density at radius 2 is 1.34 bits per heavy atom. The first kappa shape index (κ1) is 36.7. The Morgan fingerprint density at radius 3 is 1.96 bits per heavy atom. The third kappa shape index (κ3) is 8.40. The summed E-state index contributed by atoms with van der Waals surface area (Å²) in [6.07, 6.45) is -8.09. The van der Waals surface area contributed by atoms with Crippen molar-refractivity contribution < 1.29 is 67.6 Å². The molecule has 50 heavy (non-hydrogen) atoms. The summed E-state index contributed by atoms with van der Waals surface area (Å²) in [5.41, 5.74) is -3.82. The lowest BCUT2D eigenvalue weighted by Crippen LogP contribution is -2.30. The molecular formula is C35H26F10O5. The monoisotopic (exact) mass is 716 g/mol. The van der Waals surface area contributed by atoms with Crippen molar-refractivity contribution in [2.24, 2.45) is 5.92 Å². The minimum Gasteiger partial charge on any atom is -0.429 e. The topological polar surface area (TPSA) is 46.2 Å². The third-order valence-corrected chi connectivity index (χ3v) is 7.34. The van der Waals surface area contributed by atoms with Crippen molar-refractivity contribution in [1.29, 1.82) is 0 Å². The molecule has 1 heterocycles. The van der Waals surface area contributed by atoms with Crippen molar-refractivity contribution in [1.82, 2.24) is 0 Å². The molecule has 1 fully saturated rings. The van der Waals surface area contributed by atoms with Crippen LogP contribution in [-0.4, -0.2) is 26.4 Å². The molecule has 4 aromatic rings. The second-order valence-corrected chi connectivity index (χ2v) is 11.0. The van der Waals surface area contributed by atoms with Crippen molar-refractivity contribution >= 4 is 0 Å². The Balaban J connectivity index is 1.26. The molecule has 0 aromatic heterocycles. The quantitative estimate of drug-likeness (QED) is 0.0784. The molecule has 4 aromatic carbocycles. The van der Waals surface area contributed by atoms with E-state index in [1.165, 1.54) is 0 Å². The van der Waals surface area contributed by atoms with Gasteiger partial charge in [-0.05, 0) is 48.4 Å². The van der Waals surface area contributed by atoms with Crippen molar-refractivity contribution in [2.45, 2.75) is 24.9 Å². The summed E-state index contributed by atoms with van der Waals surface area (Å²) in [5, 5.41) is 0. The number of benzene rings is 4. The molecule has 0 saturated carbocycles. The van der Waals surface area contributed by atoms with Gasteiger partial charge in [-0.25, -0.2) is 26.3 Å². The van der Waals surface area contributed by atoms with E-state index < -0.39 is 76.0 Å². The summed E-state index contributed by atoms with van der Waals surface area (Å²) in [6.45, 7) is 4.74. The van der Waals surface area contributed by atoms with E-state index in [1.54, 1.807) is 6.08 Å². The zero-order chi connectivity index (χ0) is 36.2. The molecule has 0 aliphatic carbocycles. The first-order valence-electron chi connectivity index (χ1n) is 14.8. The highest BCUT2D eigenvalue weighted by atomic mass is 19.3. The number of hydrogen-bond donors (Lipinski definition) is 0. The van der Waals surface area contributed by atoms with Crippen molar-refractivity contribution in [2.75, 3.05) is 26.4 Å². The van der Waals surface area contributed by atoms with Crippen molar-refractivity contribution in [3.63, 3.8) is 0 Å². The molecule has 266 valence electrons. The van der Waals surface area contributed by atoms with Crippen LogP contribution >= 0.6 is 0 Å². The molecule has 0 unspecified atom stereocenters. The highest BCUT2D eigenvalue weighted by Gasteiger charge is 2.43. The minimum absolute atomic E-state index is 0.00384. The van der Waals surface area contributed by atoms with Gasteiger partial charge in [0.2, 0.25) is 0 Å². The molecule has 1 aliphatic rings. The van der Waals surface area contributed by atoms with E-state index in [9.17, 15) is 43.9 Å². The molecular weight excluding hydrogens is 690 g/mol. The smallest absolute Gasteiger partial charge is 0.429 e. The van der Waals surface area contributed by atoms with Crippen LogP contribution in [-0.2, 0) is 26.4 Å². The average molecular weight is 717 g/mol. The molecule has 0 bridgehead atoms. The van der Waals surface area contributed by atoms with Crippen LogP contribution in [0.15, 0.2) is 79.4 Å². The Labute approximate surface area is 278 Å². The van der Waals surface area contributed by atoms with Gasteiger partial charge < -0.3 is 23.7 Å². The van der Waals surface area contributed by atoms with Crippen molar-refractivity contribution in [3.05, 3.63) is 131 Å². The SMILES string of the molecule is C=CCCOCC1COC(c2ccc(C(F)(F)Oc3cc(F)c(C(F)(F)Oc4ccc(-c5ccc(F)c(F)c5)c(F)c4)c(F)c3)c(F)c2)OC1. The first-order valence-corrected chi connectivity index (χ1v) is 14.8. The fourth-order valence-electron chi connectivity index (χ4n) is 4.91. The summed E-state index contributed by atoms with van der Waals surface area (Å²) < 4.78 is 171. The van der Waals surface area contributed by atoms with Crippen LogP contribution in [0.5, 0.6) is 11.5 Å². The lowest BCUT2D eigenvalue weighted by atomic mass is 10.0. The predicted molar refractivity (Wildman–Crippen MR) is 157 cm³/mol. The number of hydrogen-bond acceptors (Lipinski definition) is 5. The maximum Gasteiger partial charge on any atom is 0.432 e. The molecule has 0 atom stereocenters. The standard InChI is InChI=1S/C35H26F10O5/c1-2-3-10-46-16-19-17-47-33(48-18-19)21-4-8-25(28(38)12-21)34(42,43)50-23-14-30(40)32(31(41)15-23)35(44,45)49-22-6-7-24(27(37)13-22)20-5-9-26(36)29(39)11-20/h2,4-9,11-15,19,33H,1,3,10,16-18H2. The molecule has 0 radical (unpaired) electrons. The molecule has 5 nitrogen and oxygen atoms in total. The minimum atomic E-state index is -4.82. The summed E-state index contributed by atoms with van der Waals surface area (Å²) in [4.78, 5) is 0. The zero-order valence-electron chi connectivity index (χ0n) is 25.6. The second-order valence-electron chi connectivity index (χ2n) is 11.0. The lowest BCUT2D eigenvalue weighted by molar-refractivity contribution is -0.212. The van der Waals surface area contributed by atoms with E-state index in [4.69, 9.17) is 14.2 Å². The molecule has 0 N–H and O–H groups in total. The molecule has 0 spiro atoms. The van der Waals surface area contributed by atoms with E-state index in [-0.39, 0.29) is 48.0 Å². The van der Waals surface area contributed by atoms with Gasteiger partial charge >= 0.3 is 12.2 Å². The lowest BCUT2D eigenvalue weighted by Gasteiger charge is -2.29. The van der Waals surface area contributed by atoms with Gasteiger partial charge in [-0.2, -0.15) is 17.6 Å². The van der Waals surface area contributed by atoms with Crippen LogP contribution in [0.1, 0.15) is 29.4 Å². The average Bonchev–Trinajstić information content (AvgIpc) is 3.04. The Hall–Kier alpha value is -4.60. The molecule has 1 aliphatic heterocycles. The van der Waals surface area contributed by atoms with Gasteiger partial charge in [0.1, 0.15) is 40.3 Å². The van der Waals surface area contributed by atoms with Crippen LogP contribution < -0.4 is 9.47 Å². The number of rotatable bonds is 13. The van der Waals surface area contributed by atoms with E-state index in [2.05, 4.69) is 16.1 Å². The van der Waals surface area contributed by atoms with Crippen LogP contribution in [0.4, 0.5) is 43.9 Å². The van der Waals surface area contributed by atoms with Gasteiger partial charge in [-0.15, -0.1) is 6.58 Å². The Kier molecular flexibility index (Phi) is 11.1. The maximum atomic E-state index is 15.0. The fourth-order valence-corrected chi connectivity index (χ4v) is 4.91. The Bertz CT molecular complexity index is 1820. The van der Waals surface area contributed by atoms with E-state index >= 15 is 0 Å². The fraction of sp³-hybridized carbons (Fsp3) is 0.257. The van der Waals surface area contributed by atoms with Gasteiger partial charge in [0.15, 0.2) is 17.9 Å². The predicted octanol–water partition coefficient (Wildman–Crippen LogP) is 9.70. The second kappa shape index (κ2) is 15.1. The van der Waals surface area contributed by atoms with Crippen molar-refractivity contribution in [3.8, 4) is 22.6 Å². The van der Waals surface area contributed by atoms with Crippen LogP contribution in [0.25, 0.3) is 11.1 Å². The number of alkyl halides is 4. The van der Waals surface area contributed by atoms with Gasteiger partial charge in [0.05, 0.1) is 32.0 Å². The number of halogens is 10. The first-order chi connectivity index (χ1) is 23.7. The normalized spacial score (nSPS) is 16.7. The largest absolute Gasteiger partial charge is 0.432 e. The third-order valence-electron chi connectivity index (χ3n) is 7.34. The highest BCUT2D eigenvalue weighted by Crippen LogP contribution is 2.40. The summed E-state index contributed by atoms with van der Waals surface area (Å²) in [7, 11) is 0. The van der Waals surface area contributed by atoms with Crippen LogP contribution in [0, 0.1) is 40.8 Å². The van der Waals surface area contributed by atoms with E-state index in [0.29, 0.717) is 50.0 Å². The van der Waals surface area contributed by atoms with E-state index in [0.717, 1.165) is 24.3 Å². The van der Waals surface area contributed by atoms with Gasteiger partial charge in [-0.1, -0.05) is 18.2 Å². The zero-order valence-corrected chi connectivity index (χ0v) is 25.6. The molecule has 1 saturated heterocycles. The van der Waals surface area contributed by atoms with Gasteiger partial charge in [0, 0.05) is 35.2 Å². The summed E-state index contributed by atoms with van der Waals surface area (Å²) in [6, 6.07) is 6.86. The van der Waals surface area contributed by atoms with E-state index in [1.807, 2.05) is 0 Å². The number of ether oxygens (including phenoxy) is 5. The van der Waals surface area contributed by atoms with Crippen LogP contribution in [0.3, 0.4) is 0 Å². The molecule has 5 rings (SSSR count). The molecule has 0 amide bonds. The van der Waals surface area contributed by atoms with Gasteiger partial charge in [0.25, 0.3) is 0 Å². The van der Waals surface area contributed by atoms with Crippen LogP contribution in [0.2, 0.25) is 0 Å².